The molecule has 1 aromatic heterocycles. The molecular formula is C20H24F3N5O. The normalized spacial score (nSPS) is 25.1. The lowest BCUT2D eigenvalue weighted by molar-refractivity contribution is -0.138. The van der Waals surface area contributed by atoms with Crippen LogP contribution in [0.1, 0.15) is 18.1 Å². The maximum atomic E-state index is 13.8. The second-order valence-corrected chi connectivity index (χ2v) is 8.08. The highest BCUT2D eigenvalue weighted by Crippen LogP contribution is 2.51. The van der Waals surface area contributed by atoms with Crippen molar-refractivity contribution >= 4 is 5.82 Å². The SMILES string of the molecule is CC(Cc1ccc(-n2ccc(N)nc2=O)cc1C(F)(F)F)N1C[C@@H]2C(CN)[C@@H]2C1. The zero-order chi connectivity index (χ0) is 20.9. The lowest BCUT2D eigenvalue weighted by Gasteiger charge is -2.28. The number of nitrogens with two attached hydrogens (primary N) is 2. The van der Waals surface area contributed by atoms with Gasteiger partial charge in [0.1, 0.15) is 5.82 Å². The summed E-state index contributed by atoms with van der Waals surface area (Å²) < 4.78 is 42.3. The fourth-order valence-corrected chi connectivity index (χ4v) is 4.61. The Morgan fingerprint density at radius 1 is 1.24 bits per heavy atom. The highest BCUT2D eigenvalue weighted by molar-refractivity contribution is 5.43. The average molecular weight is 407 g/mol. The summed E-state index contributed by atoms with van der Waals surface area (Å²) in [6, 6.07) is 5.35. The molecule has 2 aromatic rings. The van der Waals surface area contributed by atoms with Crippen molar-refractivity contribution in [3.63, 3.8) is 0 Å². The fraction of sp³-hybridized carbons (Fsp3) is 0.500. The van der Waals surface area contributed by atoms with E-state index in [1.807, 2.05) is 6.92 Å². The third kappa shape index (κ3) is 3.76. The Balaban J connectivity index is 1.58. The first kappa shape index (κ1) is 19.9. The minimum Gasteiger partial charge on any atom is -0.383 e. The van der Waals surface area contributed by atoms with E-state index in [9.17, 15) is 18.0 Å². The zero-order valence-electron chi connectivity index (χ0n) is 16.1. The van der Waals surface area contributed by atoms with Crippen molar-refractivity contribution in [2.75, 3.05) is 25.4 Å². The maximum absolute atomic E-state index is 13.8. The minimum absolute atomic E-state index is 0.00547. The largest absolute Gasteiger partial charge is 0.416 e. The molecule has 1 aliphatic heterocycles. The lowest BCUT2D eigenvalue weighted by atomic mass is 9.98. The summed E-state index contributed by atoms with van der Waals surface area (Å²) in [4.78, 5) is 17.8. The van der Waals surface area contributed by atoms with Crippen molar-refractivity contribution in [1.82, 2.24) is 14.5 Å². The Kier molecular flexibility index (Phi) is 4.90. The fourth-order valence-electron chi connectivity index (χ4n) is 4.61. The van der Waals surface area contributed by atoms with E-state index < -0.39 is 17.4 Å². The second-order valence-electron chi connectivity index (χ2n) is 8.08. The molecule has 6 nitrogen and oxygen atoms in total. The third-order valence-electron chi connectivity index (χ3n) is 6.31. The highest BCUT2D eigenvalue weighted by Gasteiger charge is 2.55. The molecule has 2 aliphatic rings. The number of nitrogen functional groups attached to an aromatic ring is 1. The van der Waals surface area contributed by atoms with Gasteiger partial charge in [-0.25, -0.2) is 4.79 Å². The van der Waals surface area contributed by atoms with E-state index in [1.54, 1.807) is 0 Å². The van der Waals surface area contributed by atoms with Gasteiger partial charge in [0, 0.05) is 25.3 Å². The van der Waals surface area contributed by atoms with Crippen LogP contribution >= 0.6 is 0 Å². The van der Waals surface area contributed by atoms with Gasteiger partial charge in [-0.2, -0.15) is 18.2 Å². The van der Waals surface area contributed by atoms with Crippen LogP contribution in [0.5, 0.6) is 0 Å². The van der Waals surface area contributed by atoms with E-state index in [0.29, 0.717) is 24.3 Å². The molecule has 1 aliphatic carbocycles. The number of anilines is 1. The van der Waals surface area contributed by atoms with Gasteiger partial charge in [0.05, 0.1) is 11.3 Å². The molecule has 0 bridgehead atoms. The predicted octanol–water partition coefficient (Wildman–Crippen LogP) is 1.90. The smallest absolute Gasteiger partial charge is 0.383 e. The average Bonchev–Trinajstić information content (AvgIpc) is 3.11. The first-order valence-electron chi connectivity index (χ1n) is 9.69. The molecule has 2 fully saturated rings. The topological polar surface area (TPSA) is 90.2 Å². The van der Waals surface area contributed by atoms with E-state index >= 15 is 0 Å². The molecule has 9 heteroatoms. The van der Waals surface area contributed by atoms with Crippen LogP contribution in [0.3, 0.4) is 0 Å². The van der Waals surface area contributed by atoms with Gasteiger partial charge in [0.25, 0.3) is 0 Å². The monoisotopic (exact) mass is 407 g/mol. The standard InChI is InChI=1S/C20H24F3N5O/c1-11(27-9-15-14(8-24)16(15)10-27)6-12-2-3-13(7-17(12)20(21,22)23)28-5-4-18(25)26-19(28)29/h2-5,7,11,14-16H,6,8-10,24H2,1H3,(H2,25,26,29)/t11?,14?,15-,16+. The lowest BCUT2D eigenvalue weighted by Crippen LogP contribution is -2.36. The van der Waals surface area contributed by atoms with E-state index in [0.717, 1.165) is 23.7 Å². The number of halogens is 3. The van der Waals surface area contributed by atoms with Gasteiger partial charge in [-0.15, -0.1) is 0 Å². The number of fused-ring (bicyclic) bond motifs is 1. The van der Waals surface area contributed by atoms with Crippen LogP contribution in [0.4, 0.5) is 19.0 Å². The number of aromatic nitrogens is 2. The Morgan fingerprint density at radius 3 is 2.52 bits per heavy atom. The van der Waals surface area contributed by atoms with Crippen molar-refractivity contribution < 1.29 is 13.2 Å². The Hall–Kier alpha value is -2.39. The summed E-state index contributed by atoms with van der Waals surface area (Å²) in [5.74, 6) is 1.79. The van der Waals surface area contributed by atoms with Crippen molar-refractivity contribution in [2.24, 2.45) is 23.5 Å². The number of alkyl halides is 3. The first-order chi connectivity index (χ1) is 13.7. The van der Waals surface area contributed by atoms with Crippen LogP contribution in [0.2, 0.25) is 0 Å². The van der Waals surface area contributed by atoms with Crippen LogP contribution in [-0.4, -0.2) is 40.1 Å². The summed E-state index contributed by atoms with van der Waals surface area (Å²) in [6.45, 7) is 4.46. The van der Waals surface area contributed by atoms with E-state index in [1.165, 1.54) is 24.4 Å². The molecular weight excluding hydrogens is 383 g/mol. The van der Waals surface area contributed by atoms with Crippen molar-refractivity contribution in [3.05, 3.63) is 52.1 Å². The quantitative estimate of drug-likeness (QED) is 0.790. The van der Waals surface area contributed by atoms with E-state index in [-0.39, 0.29) is 29.5 Å². The Bertz CT molecular complexity index is 961. The Morgan fingerprint density at radius 2 is 1.93 bits per heavy atom. The Labute approximate surface area is 166 Å². The molecule has 4 atom stereocenters. The molecule has 156 valence electrons. The number of benzene rings is 1. The molecule has 1 saturated heterocycles. The number of likely N-dealkylation sites (tertiary alicyclic amines) is 1. The molecule has 1 aromatic carbocycles. The van der Waals surface area contributed by atoms with Crippen LogP contribution in [0.25, 0.3) is 5.69 Å². The molecule has 4 N–H and O–H groups in total. The predicted molar refractivity (Wildman–Crippen MR) is 104 cm³/mol. The highest BCUT2D eigenvalue weighted by atomic mass is 19.4. The maximum Gasteiger partial charge on any atom is 0.416 e. The summed E-state index contributed by atoms with van der Waals surface area (Å²) >= 11 is 0. The number of piperidine rings is 1. The molecule has 2 heterocycles. The number of rotatable bonds is 5. The summed E-state index contributed by atoms with van der Waals surface area (Å²) in [5, 5.41) is 0. The van der Waals surface area contributed by atoms with Gasteiger partial charge in [-0.05, 0) is 61.4 Å². The molecule has 0 radical (unpaired) electrons. The molecule has 0 spiro atoms. The summed E-state index contributed by atoms with van der Waals surface area (Å²) in [6.07, 6.45) is -2.91. The molecule has 1 saturated carbocycles. The second kappa shape index (κ2) is 7.14. The number of nitrogens with zero attached hydrogens (tertiary/aromatic N) is 3. The van der Waals surface area contributed by atoms with Gasteiger partial charge in [0.15, 0.2) is 0 Å². The molecule has 4 rings (SSSR count). The van der Waals surface area contributed by atoms with E-state index in [4.69, 9.17) is 11.5 Å². The van der Waals surface area contributed by atoms with Gasteiger partial charge in [-0.3, -0.25) is 9.47 Å². The van der Waals surface area contributed by atoms with Crippen LogP contribution in [-0.2, 0) is 12.6 Å². The minimum atomic E-state index is -4.52. The summed E-state index contributed by atoms with van der Waals surface area (Å²) in [7, 11) is 0. The van der Waals surface area contributed by atoms with Crippen LogP contribution in [0.15, 0.2) is 35.3 Å². The molecule has 0 amide bonds. The van der Waals surface area contributed by atoms with Gasteiger partial charge in [-0.1, -0.05) is 6.07 Å². The van der Waals surface area contributed by atoms with Crippen molar-refractivity contribution in [1.29, 1.82) is 0 Å². The summed E-state index contributed by atoms with van der Waals surface area (Å²) in [5.41, 5.74) is 10.1. The van der Waals surface area contributed by atoms with Crippen molar-refractivity contribution in [2.45, 2.75) is 25.6 Å². The van der Waals surface area contributed by atoms with Crippen molar-refractivity contribution in [3.8, 4) is 5.69 Å². The molecule has 29 heavy (non-hydrogen) atoms. The van der Waals surface area contributed by atoms with Gasteiger partial charge >= 0.3 is 11.9 Å². The van der Waals surface area contributed by atoms with Crippen LogP contribution in [0, 0.1) is 17.8 Å². The van der Waals surface area contributed by atoms with Gasteiger partial charge < -0.3 is 11.5 Å². The molecule has 2 unspecified atom stereocenters. The van der Waals surface area contributed by atoms with Crippen LogP contribution < -0.4 is 17.2 Å². The number of hydrogen-bond acceptors (Lipinski definition) is 5. The third-order valence-corrected chi connectivity index (χ3v) is 6.31. The van der Waals surface area contributed by atoms with E-state index in [2.05, 4.69) is 9.88 Å². The number of hydrogen-bond donors (Lipinski definition) is 2. The van der Waals surface area contributed by atoms with Gasteiger partial charge in [0.2, 0.25) is 0 Å². The first-order valence-corrected chi connectivity index (χ1v) is 9.69. The zero-order valence-corrected chi connectivity index (χ0v) is 16.1.